The summed E-state index contributed by atoms with van der Waals surface area (Å²) >= 11 is 0. The predicted octanol–water partition coefficient (Wildman–Crippen LogP) is 4.62. The highest BCUT2D eigenvalue weighted by Crippen LogP contribution is 2.26. The fraction of sp³-hybridized carbons (Fsp3) is 0.136. The molecule has 2 aromatic carbocycles. The second kappa shape index (κ2) is 7.15. The first-order valence-corrected chi connectivity index (χ1v) is 8.83. The lowest BCUT2D eigenvalue weighted by Crippen LogP contribution is -2.01. The van der Waals surface area contributed by atoms with Gasteiger partial charge >= 0.3 is 0 Å². The molecule has 0 unspecified atom stereocenters. The Morgan fingerprint density at radius 1 is 0.929 bits per heavy atom. The summed E-state index contributed by atoms with van der Waals surface area (Å²) in [6.45, 7) is 3.86. The lowest BCUT2D eigenvalue weighted by Gasteiger charge is -2.08. The average molecular weight is 373 g/mol. The first-order valence-electron chi connectivity index (χ1n) is 8.83. The van der Waals surface area contributed by atoms with Gasteiger partial charge in [0, 0.05) is 28.7 Å². The van der Waals surface area contributed by atoms with E-state index in [4.69, 9.17) is 9.15 Å². The lowest BCUT2D eigenvalue weighted by atomic mass is 10.1. The van der Waals surface area contributed by atoms with Crippen LogP contribution in [0.4, 0.5) is 11.6 Å². The summed E-state index contributed by atoms with van der Waals surface area (Å²) in [6, 6.07) is 16.2. The van der Waals surface area contributed by atoms with Crippen LogP contribution in [0.25, 0.3) is 22.3 Å². The summed E-state index contributed by atoms with van der Waals surface area (Å²) in [5, 5.41) is 3.68. The molecule has 0 bridgehead atoms. The number of nitrogens with zero attached hydrogens (tertiary/aromatic N) is 2. The molecule has 0 aliphatic rings. The van der Waals surface area contributed by atoms with Gasteiger partial charge in [0.05, 0.1) is 12.5 Å². The Kier molecular flexibility index (Phi) is 4.53. The van der Waals surface area contributed by atoms with E-state index in [1.54, 1.807) is 25.3 Å². The zero-order valence-electron chi connectivity index (χ0n) is 15.8. The summed E-state index contributed by atoms with van der Waals surface area (Å²) in [7, 11) is 1.57. The number of rotatable bonds is 4. The minimum absolute atomic E-state index is 0.110. The predicted molar refractivity (Wildman–Crippen MR) is 109 cm³/mol. The van der Waals surface area contributed by atoms with Crippen LogP contribution in [0.3, 0.4) is 0 Å². The SMILES string of the molecule is COc1ccc2oc(-c3ccc(Nc4nc(C)cc(C)n4)cc3)cc(=O)c2c1. The molecular formula is C22H19N3O3. The van der Waals surface area contributed by atoms with Gasteiger partial charge in [0.15, 0.2) is 5.43 Å². The Bertz CT molecular complexity index is 1190. The number of aryl methyl sites for hydroxylation is 2. The van der Waals surface area contributed by atoms with E-state index >= 15 is 0 Å². The van der Waals surface area contributed by atoms with Crippen LogP contribution in [0, 0.1) is 13.8 Å². The molecule has 4 aromatic rings. The third kappa shape index (κ3) is 3.57. The van der Waals surface area contributed by atoms with Crippen molar-refractivity contribution in [1.29, 1.82) is 0 Å². The zero-order valence-corrected chi connectivity index (χ0v) is 15.8. The molecule has 28 heavy (non-hydrogen) atoms. The Morgan fingerprint density at radius 2 is 1.64 bits per heavy atom. The smallest absolute Gasteiger partial charge is 0.227 e. The van der Waals surface area contributed by atoms with Crippen molar-refractivity contribution < 1.29 is 9.15 Å². The minimum atomic E-state index is -0.110. The van der Waals surface area contributed by atoms with Crippen LogP contribution in [0.1, 0.15) is 11.4 Å². The highest BCUT2D eigenvalue weighted by molar-refractivity contribution is 5.80. The van der Waals surface area contributed by atoms with Gasteiger partial charge in [0.1, 0.15) is 17.1 Å². The van der Waals surface area contributed by atoms with Crippen molar-refractivity contribution in [1.82, 2.24) is 9.97 Å². The standard InChI is InChI=1S/C22H19N3O3/c1-13-10-14(2)24-22(23-13)25-16-6-4-15(5-7-16)21-12-19(26)18-11-17(27-3)8-9-20(18)28-21/h4-12H,1-3H3,(H,23,24,25). The highest BCUT2D eigenvalue weighted by Gasteiger charge is 2.09. The van der Waals surface area contributed by atoms with Crippen molar-refractivity contribution >= 4 is 22.6 Å². The molecule has 0 aliphatic heterocycles. The zero-order chi connectivity index (χ0) is 19.7. The molecule has 0 saturated carbocycles. The Balaban J connectivity index is 1.64. The molecule has 2 aromatic heterocycles. The fourth-order valence-electron chi connectivity index (χ4n) is 3.03. The quantitative estimate of drug-likeness (QED) is 0.562. The molecule has 6 nitrogen and oxygen atoms in total. The number of methoxy groups -OCH3 is 1. The number of benzene rings is 2. The topological polar surface area (TPSA) is 77.2 Å². The van der Waals surface area contributed by atoms with E-state index in [1.807, 2.05) is 44.2 Å². The molecule has 6 heteroatoms. The van der Waals surface area contributed by atoms with E-state index in [0.717, 1.165) is 22.6 Å². The Labute approximate surface area is 161 Å². The van der Waals surface area contributed by atoms with Gasteiger partial charge in [0.25, 0.3) is 0 Å². The van der Waals surface area contributed by atoms with Gasteiger partial charge in [-0.25, -0.2) is 9.97 Å². The second-order valence-corrected chi connectivity index (χ2v) is 6.51. The fourth-order valence-corrected chi connectivity index (χ4v) is 3.03. The van der Waals surface area contributed by atoms with E-state index in [1.165, 1.54) is 6.07 Å². The third-order valence-corrected chi connectivity index (χ3v) is 4.34. The molecule has 0 atom stereocenters. The van der Waals surface area contributed by atoms with Crippen molar-refractivity contribution in [3.63, 3.8) is 0 Å². The number of fused-ring (bicyclic) bond motifs is 1. The van der Waals surface area contributed by atoms with Crippen LogP contribution < -0.4 is 15.5 Å². The summed E-state index contributed by atoms with van der Waals surface area (Å²) < 4.78 is 11.1. The van der Waals surface area contributed by atoms with Crippen molar-refractivity contribution in [2.24, 2.45) is 0 Å². The molecule has 140 valence electrons. The molecule has 1 N–H and O–H groups in total. The molecule has 0 aliphatic carbocycles. The first kappa shape index (κ1) is 17.7. The number of anilines is 2. The van der Waals surface area contributed by atoms with Crippen LogP contribution in [0.5, 0.6) is 5.75 Å². The van der Waals surface area contributed by atoms with Gasteiger partial charge < -0.3 is 14.5 Å². The molecular weight excluding hydrogens is 354 g/mol. The summed E-state index contributed by atoms with van der Waals surface area (Å²) in [4.78, 5) is 21.2. The maximum Gasteiger partial charge on any atom is 0.227 e. The van der Waals surface area contributed by atoms with Crippen molar-refractivity contribution in [2.75, 3.05) is 12.4 Å². The van der Waals surface area contributed by atoms with Gasteiger partial charge in [-0.05, 0) is 62.4 Å². The van der Waals surface area contributed by atoms with Crippen LogP contribution in [-0.4, -0.2) is 17.1 Å². The maximum absolute atomic E-state index is 12.5. The number of aromatic nitrogens is 2. The molecule has 4 rings (SSSR count). The average Bonchev–Trinajstić information content (AvgIpc) is 2.67. The summed E-state index contributed by atoms with van der Waals surface area (Å²) in [5.74, 6) is 1.69. The van der Waals surface area contributed by atoms with E-state index in [9.17, 15) is 4.79 Å². The molecule has 0 saturated heterocycles. The van der Waals surface area contributed by atoms with Crippen LogP contribution in [0.2, 0.25) is 0 Å². The molecule has 0 amide bonds. The summed E-state index contributed by atoms with van der Waals surface area (Å²) in [6.07, 6.45) is 0. The van der Waals surface area contributed by atoms with E-state index in [0.29, 0.717) is 28.4 Å². The van der Waals surface area contributed by atoms with Gasteiger partial charge in [-0.15, -0.1) is 0 Å². The van der Waals surface area contributed by atoms with Gasteiger partial charge in [0.2, 0.25) is 5.95 Å². The van der Waals surface area contributed by atoms with Crippen LogP contribution in [0.15, 0.2) is 63.8 Å². The van der Waals surface area contributed by atoms with Gasteiger partial charge in [-0.3, -0.25) is 4.79 Å². The van der Waals surface area contributed by atoms with E-state index < -0.39 is 0 Å². The number of hydrogen-bond donors (Lipinski definition) is 1. The van der Waals surface area contributed by atoms with Gasteiger partial charge in [-0.1, -0.05) is 0 Å². The third-order valence-electron chi connectivity index (χ3n) is 4.34. The monoisotopic (exact) mass is 373 g/mol. The lowest BCUT2D eigenvalue weighted by molar-refractivity contribution is 0.415. The molecule has 0 radical (unpaired) electrons. The largest absolute Gasteiger partial charge is 0.497 e. The Hall–Kier alpha value is -3.67. The van der Waals surface area contributed by atoms with E-state index in [2.05, 4.69) is 15.3 Å². The summed E-state index contributed by atoms with van der Waals surface area (Å²) in [5.41, 5.74) is 3.88. The second-order valence-electron chi connectivity index (χ2n) is 6.51. The van der Waals surface area contributed by atoms with Crippen molar-refractivity contribution in [3.8, 4) is 17.1 Å². The maximum atomic E-state index is 12.5. The number of ether oxygens (including phenoxy) is 1. The first-order chi connectivity index (χ1) is 13.5. The number of hydrogen-bond acceptors (Lipinski definition) is 6. The van der Waals surface area contributed by atoms with Crippen LogP contribution >= 0.6 is 0 Å². The van der Waals surface area contributed by atoms with Gasteiger partial charge in [-0.2, -0.15) is 0 Å². The molecule has 0 fully saturated rings. The minimum Gasteiger partial charge on any atom is -0.497 e. The normalized spacial score (nSPS) is 10.8. The van der Waals surface area contributed by atoms with Crippen molar-refractivity contribution in [2.45, 2.75) is 13.8 Å². The highest BCUT2D eigenvalue weighted by atomic mass is 16.5. The van der Waals surface area contributed by atoms with Crippen LogP contribution in [-0.2, 0) is 0 Å². The molecule has 0 spiro atoms. The molecule has 2 heterocycles. The van der Waals surface area contributed by atoms with E-state index in [-0.39, 0.29) is 5.43 Å². The number of nitrogens with one attached hydrogen (secondary N) is 1. The van der Waals surface area contributed by atoms with Crippen molar-refractivity contribution in [3.05, 3.63) is 76.2 Å². The Morgan fingerprint density at radius 3 is 2.32 bits per heavy atom.